The number of anilines is 3. The number of carbonyl (C=O) groups is 1. The minimum atomic E-state index is -4.70. The molecule has 0 spiro atoms. The fraction of sp³-hybridized carbons (Fsp3) is 0.241. The van der Waals surface area contributed by atoms with Gasteiger partial charge in [0.2, 0.25) is 5.91 Å². The van der Waals surface area contributed by atoms with Crippen LogP contribution in [0.25, 0.3) is 16.7 Å². The van der Waals surface area contributed by atoms with Crippen LogP contribution in [0, 0.1) is 0 Å². The molecule has 43 heavy (non-hydrogen) atoms. The number of pyridine rings is 2. The number of halogens is 3. The number of amides is 1. The molecule has 11 nitrogen and oxygen atoms in total. The Morgan fingerprint density at radius 2 is 1.91 bits per heavy atom. The molecular formula is C29H26F3N9O2. The molecule has 0 unspecified atom stereocenters. The first kappa shape index (κ1) is 27.9. The van der Waals surface area contributed by atoms with Crippen LogP contribution < -0.4 is 15.0 Å². The Morgan fingerprint density at radius 1 is 1.07 bits per heavy atom. The third kappa shape index (κ3) is 5.50. The molecule has 1 fully saturated rings. The second-order valence-electron chi connectivity index (χ2n) is 10.5. The van der Waals surface area contributed by atoms with E-state index in [-0.39, 0.29) is 28.9 Å². The van der Waals surface area contributed by atoms with Crippen molar-refractivity contribution >= 4 is 39.9 Å². The minimum absolute atomic E-state index is 0.137. The molecule has 1 aromatic carbocycles. The van der Waals surface area contributed by atoms with Crippen molar-refractivity contribution < 1.29 is 22.7 Å². The van der Waals surface area contributed by atoms with Gasteiger partial charge in [0.05, 0.1) is 11.1 Å². The number of benzene rings is 1. The van der Waals surface area contributed by atoms with Crippen molar-refractivity contribution in [2.75, 3.05) is 29.9 Å². The highest BCUT2D eigenvalue weighted by molar-refractivity contribution is 5.89. The average Bonchev–Trinajstić information content (AvgIpc) is 3.44. The molecule has 0 atom stereocenters. The van der Waals surface area contributed by atoms with E-state index in [1.807, 2.05) is 24.8 Å². The summed E-state index contributed by atoms with van der Waals surface area (Å²) in [6.07, 6.45) is 0.804. The quantitative estimate of drug-likeness (QED) is 0.266. The molecule has 5 aromatic rings. The molecule has 1 amide bonds. The monoisotopic (exact) mass is 589 g/mol. The van der Waals surface area contributed by atoms with Crippen molar-refractivity contribution in [2.45, 2.75) is 25.6 Å². The van der Waals surface area contributed by atoms with Crippen LogP contribution in [0.15, 0.2) is 74.0 Å². The summed E-state index contributed by atoms with van der Waals surface area (Å²) in [4.78, 5) is 33.5. The number of fused-ring (bicyclic) bond motifs is 2. The SMILES string of the molecule is C=CC(=O)N1CCN(c2ccc3ncnc(Nc4ccc(Oc5ccn6ncnc6c5)c(C(F)(F)F)c4)c3n2)CC1(C)C. The highest BCUT2D eigenvalue weighted by atomic mass is 19.4. The lowest BCUT2D eigenvalue weighted by atomic mass is 9.98. The van der Waals surface area contributed by atoms with Crippen LogP contribution in [0.5, 0.6) is 11.5 Å². The second-order valence-corrected chi connectivity index (χ2v) is 10.5. The highest BCUT2D eigenvalue weighted by Crippen LogP contribution is 2.40. The number of hydrogen-bond acceptors (Lipinski definition) is 9. The topological polar surface area (TPSA) is 114 Å². The van der Waals surface area contributed by atoms with Gasteiger partial charge in [0.25, 0.3) is 0 Å². The molecule has 0 saturated carbocycles. The Bertz CT molecular complexity index is 1850. The van der Waals surface area contributed by atoms with Crippen molar-refractivity contribution in [3.8, 4) is 11.5 Å². The summed E-state index contributed by atoms with van der Waals surface area (Å²) >= 11 is 0. The zero-order valence-electron chi connectivity index (χ0n) is 23.2. The number of rotatable bonds is 6. The van der Waals surface area contributed by atoms with Crippen molar-refractivity contribution in [3.63, 3.8) is 0 Å². The first-order valence-corrected chi connectivity index (χ1v) is 13.3. The van der Waals surface area contributed by atoms with Gasteiger partial charge in [-0.05, 0) is 56.3 Å². The van der Waals surface area contributed by atoms with Gasteiger partial charge in [0, 0.05) is 37.6 Å². The van der Waals surface area contributed by atoms with Gasteiger partial charge in [0.1, 0.15) is 41.1 Å². The maximum absolute atomic E-state index is 14.1. The maximum Gasteiger partial charge on any atom is 0.420 e. The van der Waals surface area contributed by atoms with Crippen LogP contribution in [0.4, 0.5) is 30.5 Å². The van der Waals surface area contributed by atoms with Gasteiger partial charge in [-0.25, -0.2) is 24.5 Å². The lowest BCUT2D eigenvalue weighted by Crippen LogP contribution is -2.61. The van der Waals surface area contributed by atoms with Crippen LogP contribution in [0.3, 0.4) is 0 Å². The molecule has 1 aliphatic rings. The summed E-state index contributed by atoms with van der Waals surface area (Å²) in [5.74, 6) is 0.552. The molecule has 4 aromatic heterocycles. The summed E-state index contributed by atoms with van der Waals surface area (Å²) in [7, 11) is 0. The fourth-order valence-corrected chi connectivity index (χ4v) is 5.11. The van der Waals surface area contributed by atoms with Gasteiger partial charge in [-0.1, -0.05) is 6.58 Å². The summed E-state index contributed by atoms with van der Waals surface area (Å²) in [5, 5.41) is 6.95. The lowest BCUT2D eigenvalue weighted by Gasteiger charge is -2.47. The molecule has 6 rings (SSSR count). The molecule has 1 N–H and O–H groups in total. The van der Waals surface area contributed by atoms with Gasteiger partial charge >= 0.3 is 6.18 Å². The van der Waals surface area contributed by atoms with Crippen molar-refractivity contribution in [3.05, 3.63) is 79.5 Å². The Hall–Kier alpha value is -5.27. The van der Waals surface area contributed by atoms with Crippen LogP contribution >= 0.6 is 0 Å². The largest absolute Gasteiger partial charge is 0.457 e. The number of ether oxygens (including phenoxy) is 1. The van der Waals surface area contributed by atoms with E-state index in [4.69, 9.17) is 9.72 Å². The smallest absolute Gasteiger partial charge is 0.420 e. The van der Waals surface area contributed by atoms with Crippen LogP contribution in [0.2, 0.25) is 0 Å². The summed E-state index contributed by atoms with van der Waals surface area (Å²) in [5.41, 5.74) is 0.0201. The standard InChI is InChI=1S/C29H26F3N9O2/c1-4-25(42)40-12-11-39(15-28(40,2)3)23-8-6-21-26(38-23)27(35-16-33-21)37-18-5-7-22(20(13-18)29(30,31)32)43-19-9-10-41-24(14-19)34-17-36-41/h4-10,13-14,16-17H,1,11-12,15H2,2-3H3,(H,33,35,37). The van der Waals surface area contributed by atoms with Crippen molar-refractivity contribution in [1.82, 2.24) is 34.4 Å². The molecule has 0 bridgehead atoms. The Kier molecular flexibility index (Phi) is 6.83. The second kappa shape index (κ2) is 10.5. The van der Waals surface area contributed by atoms with Crippen molar-refractivity contribution in [1.29, 1.82) is 0 Å². The van der Waals surface area contributed by atoms with E-state index in [1.165, 1.54) is 47.5 Å². The predicted molar refractivity (Wildman–Crippen MR) is 153 cm³/mol. The summed E-state index contributed by atoms with van der Waals surface area (Å²) in [6, 6.07) is 10.3. The van der Waals surface area contributed by atoms with Crippen LogP contribution in [0.1, 0.15) is 19.4 Å². The van der Waals surface area contributed by atoms with Gasteiger partial charge in [-0.2, -0.15) is 18.3 Å². The predicted octanol–water partition coefficient (Wildman–Crippen LogP) is 5.24. The number of carbonyl (C=O) groups excluding carboxylic acids is 1. The zero-order valence-corrected chi connectivity index (χ0v) is 23.2. The van der Waals surface area contributed by atoms with E-state index in [9.17, 15) is 18.0 Å². The zero-order chi connectivity index (χ0) is 30.4. The first-order valence-electron chi connectivity index (χ1n) is 13.3. The molecule has 0 aliphatic carbocycles. The number of alkyl halides is 3. The van der Waals surface area contributed by atoms with Crippen molar-refractivity contribution in [2.24, 2.45) is 0 Å². The third-order valence-electron chi connectivity index (χ3n) is 7.16. The number of hydrogen-bond donors (Lipinski definition) is 1. The minimum Gasteiger partial charge on any atom is -0.457 e. The Morgan fingerprint density at radius 3 is 2.67 bits per heavy atom. The highest BCUT2D eigenvalue weighted by Gasteiger charge is 2.37. The van der Waals surface area contributed by atoms with E-state index < -0.39 is 17.3 Å². The number of nitrogens with one attached hydrogen (secondary N) is 1. The van der Waals surface area contributed by atoms with Crippen LogP contribution in [-0.4, -0.2) is 65.5 Å². The Labute approximate surface area is 243 Å². The normalized spacial score (nSPS) is 15.1. The molecule has 1 aliphatic heterocycles. The molecule has 14 heteroatoms. The molecular weight excluding hydrogens is 563 g/mol. The average molecular weight is 590 g/mol. The van der Waals surface area contributed by atoms with Gasteiger partial charge in [-0.15, -0.1) is 0 Å². The van der Waals surface area contributed by atoms with E-state index in [0.29, 0.717) is 42.1 Å². The van der Waals surface area contributed by atoms with E-state index in [0.717, 1.165) is 6.07 Å². The number of piperazine rings is 1. The molecule has 0 radical (unpaired) electrons. The molecule has 1 saturated heterocycles. The maximum atomic E-state index is 14.1. The first-order chi connectivity index (χ1) is 20.5. The van der Waals surface area contributed by atoms with Gasteiger partial charge in [-0.3, -0.25) is 4.79 Å². The van der Waals surface area contributed by atoms with E-state index in [1.54, 1.807) is 17.2 Å². The summed E-state index contributed by atoms with van der Waals surface area (Å²) < 4.78 is 49.5. The van der Waals surface area contributed by atoms with Gasteiger partial charge in [0.15, 0.2) is 11.5 Å². The van der Waals surface area contributed by atoms with Crippen LogP contribution in [-0.2, 0) is 11.0 Å². The van der Waals surface area contributed by atoms with Gasteiger partial charge < -0.3 is 19.9 Å². The fourth-order valence-electron chi connectivity index (χ4n) is 5.11. The lowest BCUT2D eigenvalue weighted by molar-refractivity contribution is -0.138. The number of nitrogens with zero attached hydrogens (tertiary/aromatic N) is 8. The van der Waals surface area contributed by atoms with E-state index >= 15 is 0 Å². The molecule has 220 valence electrons. The summed E-state index contributed by atoms with van der Waals surface area (Å²) in [6.45, 7) is 9.07. The van der Waals surface area contributed by atoms with E-state index in [2.05, 4.69) is 31.9 Å². The Balaban J connectivity index is 1.29. The molecule has 5 heterocycles. The third-order valence-corrected chi connectivity index (χ3v) is 7.16. The number of aromatic nitrogens is 6.